The van der Waals surface area contributed by atoms with E-state index >= 15 is 0 Å². The quantitative estimate of drug-likeness (QED) is 0.644. The molecule has 3 aromatic rings. The molecule has 0 saturated heterocycles. The van der Waals surface area contributed by atoms with E-state index in [-0.39, 0.29) is 22.9 Å². The molecular formula is C14H10N4O2. The van der Waals surface area contributed by atoms with Gasteiger partial charge in [-0.05, 0) is 13.8 Å². The smallest absolute Gasteiger partial charge is 0.209 e. The number of aryl methyl sites for hydroxylation is 2. The fourth-order valence-corrected chi connectivity index (χ4v) is 2.59. The summed E-state index contributed by atoms with van der Waals surface area (Å²) in [6.45, 7) is 3.56. The van der Waals surface area contributed by atoms with Crippen LogP contribution in [0.4, 0.5) is 11.8 Å². The fourth-order valence-electron chi connectivity index (χ4n) is 2.59. The van der Waals surface area contributed by atoms with Gasteiger partial charge in [0, 0.05) is 21.9 Å². The van der Waals surface area contributed by atoms with E-state index in [1.807, 2.05) is 12.1 Å². The zero-order valence-corrected chi connectivity index (χ0v) is 10.9. The number of nitrogen functional groups attached to an aromatic ring is 2. The molecule has 0 aliphatic rings. The van der Waals surface area contributed by atoms with Crippen LogP contribution in [0.2, 0.25) is 0 Å². The third-order valence-corrected chi connectivity index (χ3v) is 3.53. The van der Waals surface area contributed by atoms with Crippen molar-refractivity contribution in [2.75, 3.05) is 11.5 Å². The number of nitrogens with two attached hydrogens (primary N) is 2. The summed E-state index contributed by atoms with van der Waals surface area (Å²) in [6.07, 6.45) is 0. The highest BCUT2D eigenvalue weighted by atomic mass is 16.4. The van der Waals surface area contributed by atoms with Gasteiger partial charge >= 0.3 is 0 Å². The van der Waals surface area contributed by atoms with Crippen LogP contribution in [0.15, 0.2) is 8.83 Å². The summed E-state index contributed by atoms with van der Waals surface area (Å²) in [5.41, 5.74) is 14.3. The van der Waals surface area contributed by atoms with Gasteiger partial charge in [-0.15, -0.1) is 0 Å². The molecule has 0 radical (unpaired) electrons. The number of rotatable bonds is 0. The summed E-state index contributed by atoms with van der Waals surface area (Å²) in [4.78, 5) is 0. The van der Waals surface area contributed by atoms with Gasteiger partial charge in [-0.2, -0.15) is 10.5 Å². The van der Waals surface area contributed by atoms with Crippen LogP contribution in [-0.4, -0.2) is 0 Å². The van der Waals surface area contributed by atoms with E-state index in [1.54, 1.807) is 13.8 Å². The molecule has 0 aliphatic heterocycles. The second-order valence-corrected chi connectivity index (χ2v) is 4.56. The Kier molecular flexibility index (Phi) is 2.20. The lowest BCUT2D eigenvalue weighted by molar-refractivity contribution is 0.629. The maximum absolute atomic E-state index is 9.20. The summed E-state index contributed by atoms with van der Waals surface area (Å²) >= 11 is 0. The molecule has 0 bridgehead atoms. The average Bonchev–Trinajstić information content (AvgIpc) is 2.93. The zero-order valence-electron chi connectivity index (χ0n) is 10.9. The highest BCUT2D eigenvalue weighted by Gasteiger charge is 2.24. The molecule has 20 heavy (non-hydrogen) atoms. The predicted molar refractivity (Wildman–Crippen MR) is 73.7 cm³/mol. The fraction of sp³-hybridized carbons (Fsp3) is 0.143. The molecule has 0 saturated carbocycles. The largest absolute Gasteiger partial charge is 0.439 e. The van der Waals surface area contributed by atoms with E-state index in [0.29, 0.717) is 33.1 Å². The van der Waals surface area contributed by atoms with E-state index in [0.717, 1.165) is 0 Å². The number of nitriles is 2. The second kappa shape index (κ2) is 3.69. The zero-order chi connectivity index (χ0) is 14.6. The van der Waals surface area contributed by atoms with Crippen molar-refractivity contribution in [1.82, 2.24) is 0 Å². The monoisotopic (exact) mass is 266 g/mol. The van der Waals surface area contributed by atoms with Gasteiger partial charge in [-0.3, -0.25) is 0 Å². The van der Waals surface area contributed by atoms with Gasteiger partial charge < -0.3 is 20.3 Å². The van der Waals surface area contributed by atoms with Crippen molar-refractivity contribution in [3.63, 3.8) is 0 Å². The normalized spacial score (nSPS) is 10.8. The minimum Gasteiger partial charge on any atom is -0.439 e. The van der Waals surface area contributed by atoms with Gasteiger partial charge in [-0.25, -0.2) is 0 Å². The van der Waals surface area contributed by atoms with Crippen LogP contribution in [0.25, 0.3) is 21.9 Å². The summed E-state index contributed by atoms with van der Waals surface area (Å²) in [7, 11) is 0. The van der Waals surface area contributed by atoms with Crippen molar-refractivity contribution in [2.45, 2.75) is 13.8 Å². The topological polar surface area (TPSA) is 126 Å². The van der Waals surface area contributed by atoms with Gasteiger partial charge in [0.1, 0.15) is 34.4 Å². The average molecular weight is 266 g/mol. The maximum Gasteiger partial charge on any atom is 0.209 e. The van der Waals surface area contributed by atoms with Gasteiger partial charge in [0.2, 0.25) is 11.8 Å². The number of furan rings is 2. The van der Waals surface area contributed by atoms with Crippen molar-refractivity contribution in [3.05, 3.63) is 22.3 Å². The standard InChI is InChI=1S/C14H10N4O2/c1-5-9-7(3-15)13(17)20-12(9)6(2)10-8(4-16)14(18)19-11(5)10/h17-18H2,1-2H3. The van der Waals surface area contributed by atoms with Crippen LogP contribution in [0, 0.1) is 36.5 Å². The van der Waals surface area contributed by atoms with Crippen LogP contribution in [0.3, 0.4) is 0 Å². The Balaban J connectivity index is 2.69. The van der Waals surface area contributed by atoms with E-state index in [2.05, 4.69) is 0 Å². The number of anilines is 2. The Hall–Kier alpha value is -3.12. The highest BCUT2D eigenvalue weighted by molar-refractivity contribution is 6.07. The van der Waals surface area contributed by atoms with Crippen molar-refractivity contribution in [2.24, 2.45) is 0 Å². The minimum atomic E-state index is 0.0628. The van der Waals surface area contributed by atoms with Crippen LogP contribution in [-0.2, 0) is 0 Å². The molecule has 1 aromatic carbocycles. The van der Waals surface area contributed by atoms with Crippen LogP contribution in [0.1, 0.15) is 22.3 Å². The van der Waals surface area contributed by atoms with Gasteiger partial charge in [-0.1, -0.05) is 0 Å². The van der Waals surface area contributed by atoms with Crippen LogP contribution in [0.5, 0.6) is 0 Å². The summed E-state index contributed by atoms with van der Waals surface area (Å²) < 4.78 is 11.0. The molecule has 6 heteroatoms. The number of hydrogen-bond acceptors (Lipinski definition) is 6. The lowest BCUT2D eigenvalue weighted by Gasteiger charge is -2.02. The number of benzene rings is 1. The van der Waals surface area contributed by atoms with E-state index in [4.69, 9.17) is 20.3 Å². The van der Waals surface area contributed by atoms with E-state index < -0.39 is 0 Å². The maximum atomic E-state index is 9.20. The SMILES string of the molecule is Cc1c2oc(N)c(C#N)c2c(C)c2oc(N)c(C#N)c12. The first-order chi connectivity index (χ1) is 9.51. The molecule has 0 spiro atoms. The summed E-state index contributed by atoms with van der Waals surface area (Å²) in [5.74, 6) is 0.126. The van der Waals surface area contributed by atoms with Gasteiger partial charge in [0.15, 0.2) is 0 Å². The molecule has 4 N–H and O–H groups in total. The van der Waals surface area contributed by atoms with Gasteiger partial charge in [0.05, 0.1) is 0 Å². The van der Waals surface area contributed by atoms with Crippen LogP contribution >= 0.6 is 0 Å². The first-order valence-electron chi connectivity index (χ1n) is 5.84. The number of fused-ring (bicyclic) bond motifs is 2. The first kappa shape index (κ1) is 11.9. The Bertz CT molecular complexity index is 884. The molecule has 0 amide bonds. The van der Waals surface area contributed by atoms with Gasteiger partial charge in [0.25, 0.3) is 0 Å². The van der Waals surface area contributed by atoms with E-state index in [9.17, 15) is 10.5 Å². The van der Waals surface area contributed by atoms with Crippen molar-refractivity contribution in [1.29, 1.82) is 10.5 Å². The molecule has 2 heterocycles. The molecule has 0 aliphatic carbocycles. The number of hydrogen-bond donors (Lipinski definition) is 2. The lowest BCUT2D eigenvalue weighted by Crippen LogP contribution is -1.87. The van der Waals surface area contributed by atoms with E-state index in [1.165, 1.54) is 0 Å². The van der Waals surface area contributed by atoms with Crippen molar-refractivity contribution < 1.29 is 8.83 Å². The van der Waals surface area contributed by atoms with Crippen LogP contribution < -0.4 is 11.5 Å². The summed E-state index contributed by atoms with van der Waals surface area (Å²) in [6, 6.07) is 4.06. The molecule has 2 aromatic heterocycles. The Morgan fingerprint density at radius 2 is 1.15 bits per heavy atom. The Morgan fingerprint density at radius 3 is 1.45 bits per heavy atom. The third-order valence-electron chi connectivity index (χ3n) is 3.53. The molecular weight excluding hydrogens is 256 g/mol. The van der Waals surface area contributed by atoms with Crippen molar-refractivity contribution in [3.8, 4) is 12.1 Å². The second-order valence-electron chi connectivity index (χ2n) is 4.56. The Labute approximate surface area is 113 Å². The molecule has 0 fully saturated rings. The Morgan fingerprint density at radius 1 is 0.800 bits per heavy atom. The molecule has 98 valence electrons. The highest BCUT2D eigenvalue weighted by Crippen LogP contribution is 2.41. The third kappa shape index (κ3) is 1.20. The van der Waals surface area contributed by atoms with Crippen molar-refractivity contribution >= 4 is 33.7 Å². The lowest BCUT2D eigenvalue weighted by atomic mass is 9.98. The minimum absolute atomic E-state index is 0.0628. The summed E-state index contributed by atoms with van der Waals surface area (Å²) in [5, 5.41) is 19.6. The molecule has 0 atom stereocenters. The number of nitrogens with zero attached hydrogens (tertiary/aromatic N) is 2. The molecule has 0 unspecified atom stereocenters. The first-order valence-corrected chi connectivity index (χ1v) is 5.84. The molecule has 6 nitrogen and oxygen atoms in total. The predicted octanol–water partition coefficient (Wildman–Crippen LogP) is 2.70. The molecule has 3 rings (SSSR count).